The third kappa shape index (κ3) is 7.25. The molecule has 0 saturated carbocycles. The Hall–Kier alpha value is -6.66. The predicted molar refractivity (Wildman–Crippen MR) is 253 cm³/mol. The predicted octanol–water partition coefficient (Wildman–Crippen LogP) is 13.5. The Kier molecular flexibility index (Phi) is 11.1. The molecule has 0 aliphatic carbocycles. The van der Waals surface area contributed by atoms with Gasteiger partial charge in [-0.3, -0.25) is 0 Å². The van der Waals surface area contributed by atoms with Crippen molar-refractivity contribution in [2.45, 2.75) is 60.0 Å². The van der Waals surface area contributed by atoms with Crippen molar-refractivity contribution < 1.29 is 0 Å². The molecule has 3 atom stereocenters. The van der Waals surface area contributed by atoms with E-state index in [1.807, 2.05) is 0 Å². The van der Waals surface area contributed by atoms with Gasteiger partial charge in [0, 0.05) is 36.8 Å². The Morgan fingerprint density at radius 3 is 0.881 bits per heavy atom. The zero-order valence-corrected chi connectivity index (χ0v) is 35.7. The maximum atomic E-state index is 2.43. The van der Waals surface area contributed by atoms with Crippen LogP contribution >= 0.6 is 0 Å². The highest BCUT2D eigenvalue weighted by atomic mass is 15.4. The number of hydrogen-bond acceptors (Lipinski definition) is 6. The van der Waals surface area contributed by atoms with Crippen molar-refractivity contribution in [3.05, 3.63) is 193 Å². The van der Waals surface area contributed by atoms with Crippen LogP contribution in [0.5, 0.6) is 0 Å². The number of anilines is 10. The zero-order chi connectivity index (χ0) is 41.2. The minimum absolute atomic E-state index is 0.232. The SMILES string of the molecule is Cc1ccccc1N1c2ccccc2N(C)[C@H]1C.Cc1ccccc1N1c2ccccc2N(C)[C@H]1C.Cc1ccccc1N1c2ccccc2N(c2ccccc2)[C@H]1C. The average Bonchev–Trinajstić information content (AvgIpc) is 3.81. The second kappa shape index (κ2) is 16.7. The molecule has 0 spiro atoms. The topological polar surface area (TPSA) is 19.4 Å². The quantitative estimate of drug-likeness (QED) is 0.176. The van der Waals surface area contributed by atoms with Gasteiger partial charge in [0.25, 0.3) is 0 Å². The fraction of sp³-hybridized carbons (Fsp3) is 0.208. The Bertz CT molecular complexity index is 2430. The van der Waals surface area contributed by atoms with Crippen molar-refractivity contribution in [2.24, 2.45) is 0 Å². The first-order valence-corrected chi connectivity index (χ1v) is 20.8. The van der Waals surface area contributed by atoms with E-state index in [2.05, 4.69) is 261 Å². The zero-order valence-electron chi connectivity index (χ0n) is 35.7. The van der Waals surface area contributed by atoms with Crippen LogP contribution in [0.15, 0.2) is 176 Å². The van der Waals surface area contributed by atoms with Crippen LogP contribution in [0.1, 0.15) is 37.5 Å². The van der Waals surface area contributed by atoms with Gasteiger partial charge >= 0.3 is 0 Å². The van der Waals surface area contributed by atoms with E-state index in [-0.39, 0.29) is 6.17 Å². The van der Waals surface area contributed by atoms with Crippen LogP contribution < -0.4 is 29.4 Å². The normalized spacial score (nSPS) is 17.5. The lowest BCUT2D eigenvalue weighted by molar-refractivity contribution is 0.732. The summed E-state index contributed by atoms with van der Waals surface area (Å²) in [6.45, 7) is 13.3. The molecule has 3 heterocycles. The summed E-state index contributed by atoms with van der Waals surface area (Å²) in [5.74, 6) is 0. The van der Waals surface area contributed by atoms with E-state index >= 15 is 0 Å². The van der Waals surface area contributed by atoms with E-state index in [1.54, 1.807) is 0 Å². The third-order valence-corrected chi connectivity index (χ3v) is 12.2. The van der Waals surface area contributed by atoms with Crippen molar-refractivity contribution in [1.29, 1.82) is 0 Å². The first-order valence-electron chi connectivity index (χ1n) is 20.8. The average molecular weight is 777 g/mol. The lowest BCUT2D eigenvalue weighted by atomic mass is 10.1. The number of fused-ring (bicyclic) bond motifs is 3. The Morgan fingerprint density at radius 2 is 0.525 bits per heavy atom. The second-order valence-electron chi connectivity index (χ2n) is 15.8. The van der Waals surface area contributed by atoms with Crippen LogP contribution in [-0.4, -0.2) is 32.6 Å². The van der Waals surface area contributed by atoms with Gasteiger partial charge in [0.05, 0.1) is 34.1 Å². The number of rotatable bonds is 4. The van der Waals surface area contributed by atoms with Gasteiger partial charge in [-0.05, 0) is 125 Å². The van der Waals surface area contributed by atoms with Crippen molar-refractivity contribution in [1.82, 2.24) is 0 Å². The number of para-hydroxylation sites is 10. The second-order valence-corrected chi connectivity index (χ2v) is 15.8. The van der Waals surface area contributed by atoms with Gasteiger partial charge < -0.3 is 29.4 Å². The molecule has 0 unspecified atom stereocenters. The van der Waals surface area contributed by atoms with Crippen LogP contribution in [0, 0.1) is 20.8 Å². The van der Waals surface area contributed by atoms with E-state index < -0.39 is 0 Å². The molecule has 6 heteroatoms. The maximum absolute atomic E-state index is 2.43. The Labute approximate surface area is 351 Å². The lowest BCUT2D eigenvalue weighted by Gasteiger charge is -2.31. The molecular weight excluding hydrogens is 721 g/mol. The molecule has 7 aromatic rings. The highest BCUT2D eigenvalue weighted by molar-refractivity contribution is 5.89. The van der Waals surface area contributed by atoms with Crippen molar-refractivity contribution in [2.75, 3.05) is 43.5 Å². The van der Waals surface area contributed by atoms with Crippen LogP contribution in [0.25, 0.3) is 0 Å². The molecular formula is C53H56N6. The maximum Gasteiger partial charge on any atom is 0.108 e. The molecule has 10 rings (SSSR count). The summed E-state index contributed by atoms with van der Waals surface area (Å²) >= 11 is 0. The van der Waals surface area contributed by atoms with Crippen molar-refractivity contribution in [3.8, 4) is 0 Å². The summed E-state index contributed by atoms with van der Waals surface area (Å²) in [6, 6.07) is 62.2. The summed E-state index contributed by atoms with van der Waals surface area (Å²) in [5.41, 5.74) is 16.7. The fourth-order valence-electron chi connectivity index (χ4n) is 8.91. The number of benzene rings is 7. The van der Waals surface area contributed by atoms with E-state index in [1.165, 1.54) is 73.6 Å². The molecule has 0 N–H and O–H groups in total. The number of aryl methyl sites for hydroxylation is 3. The van der Waals surface area contributed by atoms with E-state index in [0.29, 0.717) is 12.3 Å². The fourth-order valence-corrected chi connectivity index (χ4v) is 8.91. The summed E-state index contributed by atoms with van der Waals surface area (Å²) in [7, 11) is 4.31. The van der Waals surface area contributed by atoms with Crippen LogP contribution in [-0.2, 0) is 0 Å². The molecule has 0 amide bonds. The van der Waals surface area contributed by atoms with Gasteiger partial charge in [0.2, 0.25) is 0 Å². The van der Waals surface area contributed by atoms with Gasteiger partial charge in [-0.1, -0.05) is 109 Å². The lowest BCUT2D eigenvalue weighted by Crippen LogP contribution is -2.35. The van der Waals surface area contributed by atoms with Gasteiger partial charge in [-0.15, -0.1) is 0 Å². The Morgan fingerprint density at radius 1 is 0.271 bits per heavy atom. The van der Waals surface area contributed by atoms with E-state index in [4.69, 9.17) is 0 Å². The molecule has 0 aromatic heterocycles. The largest absolute Gasteiger partial charge is 0.353 e. The number of hydrogen-bond donors (Lipinski definition) is 0. The molecule has 59 heavy (non-hydrogen) atoms. The van der Waals surface area contributed by atoms with Crippen LogP contribution in [0.2, 0.25) is 0 Å². The molecule has 3 aliphatic rings. The van der Waals surface area contributed by atoms with E-state index in [9.17, 15) is 0 Å². The monoisotopic (exact) mass is 776 g/mol. The first kappa shape index (κ1) is 39.2. The Balaban J connectivity index is 0.000000125. The van der Waals surface area contributed by atoms with Crippen LogP contribution in [0.3, 0.4) is 0 Å². The highest BCUT2D eigenvalue weighted by Gasteiger charge is 2.35. The summed E-state index contributed by atoms with van der Waals surface area (Å²) in [5, 5.41) is 0. The minimum atomic E-state index is 0.232. The molecule has 0 saturated heterocycles. The van der Waals surface area contributed by atoms with E-state index in [0.717, 1.165) is 0 Å². The molecule has 0 bridgehead atoms. The van der Waals surface area contributed by atoms with Gasteiger partial charge in [0.15, 0.2) is 0 Å². The van der Waals surface area contributed by atoms with Crippen LogP contribution in [0.4, 0.5) is 56.9 Å². The first-order chi connectivity index (χ1) is 28.7. The number of nitrogens with zero attached hydrogens (tertiary/aromatic N) is 6. The smallest absolute Gasteiger partial charge is 0.108 e. The molecule has 0 fully saturated rings. The molecule has 0 radical (unpaired) electrons. The summed E-state index contributed by atoms with van der Waals surface area (Å²) in [6.07, 6.45) is 0.933. The minimum Gasteiger partial charge on any atom is -0.353 e. The molecule has 7 aromatic carbocycles. The van der Waals surface area contributed by atoms with Crippen molar-refractivity contribution in [3.63, 3.8) is 0 Å². The highest BCUT2D eigenvalue weighted by Crippen LogP contribution is 2.48. The molecule has 3 aliphatic heterocycles. The standard InChI is InChI=1S/C21H20N2.2C16H18N2/c1-16-10-6-7-13-19(16)23-17(2)22(18-11-4-3-5-12-18)20-14-8-9-15-21(20)23;2*1-12-8-4-5-9-14(12)18-13(2)17(3)15-10-6-7-11-16(15)18/h3-15,17H,1-2H3;2*4-11,13H,1-3H3/t17-;2*13-/m111/s1. The van der Waals surface area contributed by atoms with Gasteiger partial charge in [0.1, 0.15) is 18.5 Å². The third-order valence-electron chi connectivity index (χ3n) is 12.2. The summed E-state index contributed by atoms with van der Waals surface area (Å²) < 4.78 is 0. The summed E-state index contributed by atoms with van der Waals surface area (Å²) in [4.78, 5) is 14.3. The van der Waals surface area contributed by atoms with Gasteiger partial charge in [-0.2, -0.15) is 0 Å². The molecule has 298 valence electrons. The van der Waals surface area contributed by atoms with Crippen molar-refractivity contribution >= 4 is 56.9 Å². The molecule has 6 nitrogen and oxygen atoms in total. The van der Waals surface area contributed by atoms with Gasteiger partial charge in [-0.25, -0.2) is 0 Å².